The minimum absolute atomic E-state index is 0.220. The van der Waals surface area contributed by atoms with Crippen molar-refractivity contribution in [3.8, 4) is 0 Å². The molecule has 0 unspecified atom stereocenters. The van der Waals surface area contributed by atoms with Gasteiger partial charge >= 0.3 is 0 Å². The van der Waals surface area contributed by atoms with Gasteiger partial charge in [-0.25, -0.2) is 9.97 Å². The second-order valence-corrected chi connectivity index (χ2v) is 5.34. The summed E-state index contributed by atoms with van der Waals surface area (Å²) in [7, 11) is 0. The summed E-state index contributed by atoms with van der Waals surface area (Å²) >= 11 is 7.51. The Balaban J connectivity index is 2.28. The van der Waals surface area contributed by atoms with Gasteiger partial charge in [-0.3, -0.25) is 0 Å². The van der Waals surface area contributed by atoms with Crippen molar-refractivity contribution in [3.63, 3.8) is 0 Å². The van der Waals surface area contributed by atoms with E-state index in [1.165, 1.54) is 11.8 Å². The lowest BCUT2D eigenvalue weighted by Gasteiger charge is -2.37. The SMILES string of the molecule is CSc1nc(Cl)cc(N2C[C@H](C)OC[C@@H]2C)n1. The first-order chi connectivity index (χ1) is 8.10. The predicted octanol–water partition coefficient (Wildman–Crippen LogP) is 2.47. The highest BCUT2D eigenvalue weighted by Gasteiger charge is 2.25. The second-order valence-electron chi connectivity index (χ2n) is 4.18. The van der Waals surface area contributed by atoms with Crippen LogP contribution in [0.5, 0.6) is 0 Å². The monoisotopic (exact) mass is 273 g/mol. The normalized spacial score (nSPS) is 25.1. The topological polar surface area (TPSA) is 38.2 Å². The van der Waals surface area contributed by atoms with Crippen molar-refractivity contribution in [2.45, 2.75) is 31.1 Å². The molecule has 0 aromatic carbocycles. The number of nitrogens with zero attached hydrogens (tertiary/aromatic N) is 3. The lowest BCUT2D eigenvalue weighted by Crippen LogP contribution is -2.47. The molecule has 1 aliphatic heterocycles. The van der Waals surface area contributed by atoms with Crippen LogP contribution in [0.1, 0.15) is 13.8 Å². The maximum atomic E-state index is 6.01. The zero-order chi connectivity index (χ0) is 12.4. The maximum absolute atomic E-state index is 6.01. The molecule has 0 bridgehead atoms. The molecule has 0 amide bonds. The van der Waals surface area contributed by atoms with E-state index in [0.717, 1.165) is 19.0 Å². The van der Waals surface area contributed by atoms with E-state index in [9.17, 15) is 0 Å². The fraction of sp³-hybridized carbons (Fsp3) is 0.636. The van der Waals surface area contributed by atoms with Crippen LogP contribution in [-0.4, -0.2) is 41.5 Å². The third-order valence-electron chi connectivity index (χ3n) is 2.75. The van der Waals surface area contributed by atoms with Crippen LogP contribution in [-0.2, 0) is 4.74 Å². The number of hydrogen-bond acceptors (Lipinski definition) is 5. The minimum Gasteiger partial charge on any atom is -0.375 e. The van der Waals surface area contributed by atoms with Crippen molar-refractivity contribution in [2.24, 2.45) is 0 Å². The molecule has 1 aromatic heterocycles. The van der Waals surface area contributed by atoms with Crippen LogP contribution in [0, 0.1) is 0 Å². The van der Waals surface area contributed by atoms with Crippen LogP contribution in [0.4, 0.5) is 5.82 Å². The van der Waals surface area contributed by atoms with Crippen molar-refractivity contribution in [2.75, 3.05) is 24.3 Å². The molecule has 94 valence electrons. The Labute approximate surface area is 111 Å². The first-order valence-corrected chi connectivity index (χ1v) is 7.17. The first kappa shape index (κ1) is 12.9. The van der Waals surface area contributed by atoms with E-state index in [4.69, 9.17) is 16.3 Å². The molecule has 4 nitrogen and oxygen atoms in total. The number of thioether (sulfide) groups is 1. The molecule has 2 atom stereocenters. The predicted molar refractivity (Wildman–Crippen MR) is 71.0 cm³/mol. The lowest BCUT2D eigenvalue weighted by molar-refractivity contribution is 0.0340. The largest absolute Gasteiger partial charge is 0.375 e. The van der Waals surface area contributed by atoms with Crippen molar-refractivity contribution in [3.05, 3.63) is 11.2 Å². The van der Waals surface area contributed by atoms with E-state index in [0.29, 0.717) is 16.4 Å². The van der Waals surface area contributed by atoms with Gasteiger partial charge in [0.2, 0.25) is 0 Å². The van der Waals surface area contributed by atoms with Crippen LogP contribution in [0.2, 0.25) is 5.15 Å². The average Bonchev–Trinajstić information content (AvgIpc) is 2.31. The standard InChI is InChI=1S/C11H16ClN3OS/c1-7-6-16-8(2)5-15(7)10-4-9(12)13-11(14-10)17-3/h4,7-8H,5-6H2,1-3H3/t7-,8-/m0/s1. The molecule has 6 heteroatoms. The van der Waals surface area contributed by atoms with Crippen LogP contribution < -0.4 is 4.90 Å². The zero-order valence-corrected chi connectivity index (χ0v) is 11.8. The third-order valence-corrected chi connectivity index (χ3v) is 3.49. The van der Waals surface area contributed by atoms with Crippen molar-refractivity contribution < 1.29 is 4.74 Å². The van der Waals surface area contributed by atoms with Gasteiger partial charge in [-0.05, 0) is 20.1 Å². The molecule has 17 heavy (non-hydrogen) atoms. The van der Waals surface area contributed by atoms with Gasteiger partial charge in [0.25, 0.3) is 0 Å². The number of rotatable bonds is 2. The summed E-state index contributed by atoms with van der Waals surface area (Å²) in [5.41, 5.74) is 0. The Hall–Kier alpha value is -0.520. The summed E-state index contributed by atoms with van der Waals surface area (Å²) in [5.74, 6) is 0.886. The van der Waals surface area contributed by atoms with E-state index in [2.05, 4.69) is 28.7 Å². The van der Waals surface area contributed by atoms with Gasteiger partial charge in [0.1, 0.15) is 11.0 Å². The zero-order valence-electron chi connectivity index (χ0n) is 10.2. The van der Waals surface area contributed by atoms with Gasteiger partial charge in [0.15, 0.2) is 5.16 Å². The van der Waals surface area contributed by atoms with Crippen LogP contribution in [0.15, 0.2) is 11.2 Å². The number of halogens is 1. The fourth-order valence-corrected chi connectivity index (χ4v) is 2.45. The average molecular weight is 274 g/mol. The molecule has 2 heterocycles. The van der Waals surface area contributed by atoms with E-state index < -0.39 is 0 Å². The molecule has 0 radical (unpaired) electrons. The molecule has 1 aliphatic rings. The van der Waals surface area contributed by atoms with E-state index in [-0.39, 0.29) is 6.10 Å². The lowest BCUT2D eigenvalue weighted by atomic mass is 10.2. The molecule has 0 saturated carbocycles. The summed E-state index contributed by atoms with van der Waals surface area (Å²) in [4.78, 5) is 10.9. The van der Waals surface area contributed by atoms with Gasteiger partial charge in [0.05, 0.1) is 18.8 Å². The fourth-order valence-electron chi connectivity index (χ4n) is 1.85. The highest BCUT2D eigenvalue weighted by molar-refractivity contribution is 7.98. The van der Waals surface area contributed by atoms with Gasteiger partial charge in [-0.15, -0.1) is 0 Å². The van der Waals surface area contributed by atoms with Crippen molar-refractivity contribution in [1.82, 2.24) is 9.97 Å². The number of aromatic nitrogens is 2. The molecule has 1 aromatic rings. The molecule has 1 saturated heterocycles. The second kappa shape index (κ2) is 5.42. The Morgan fingerprint density at radius 3 is 2.94 bits per heavy atom. The number of morpholine rings is 1. The Kier molecular flexibility index (Phi) is 4.12. The van der Waals surface area contributed by atoms with Crippen LogP contribution in [0.25, 0.3) is 0 Å². The van der Waals surface area contributed by atoms with Crippen molar-refractivity contribution >= 4 is 29.2 Å². The molecule has 1 fully saturated rings. The summed E-state index contributed by atoms with van der Waals surface area (Å²) in [6.07, 6.45) is 2.17. The number of ether oxygens (including phenoxy) is 1. The van der Waals surface area contributed by atoms with Gasteiger partial charge in [-0.1, -0.05) is 23.4 Å². The van der Waals surface area contributed by atoms with E-state index >= 15 is 0 Å². The third kappa shape index (κ3) is 3.03. The maximum Gasteiger partial charge on any atom is 0.190 e. The molecule has 2 rings (SSSR count). The summed E-state index contributed by atoms with van der Waals surface area (Å²) in [6, 6.07) is 2.13. The highest BCUT2D eigenvalue weighted by atomic mass is 35.5. The van der Waals surface area contributed by atoms with Crippen LogP contribution >= 0.6 is 23.4 Å². The van der Waals surface area contributed by atoms with Crippen molar-refractivity contribution in [1.29, 1.82) is 0 Å². The Bertz CT molecular complexity index is 404. The summed E-state index contributed by atoms with van der Waals surface area (Å²) < 4.78 is 5.61. The number of hydrogen-bond donors (Lipinski definition) is 0. The quantitative estimate of drug-likeness (QED) is 0.470. The van der Waals surface area contributed by atoms with Gasteiger partial charge in [-0.2, -0.15) is 0 Å². The summed E-state index contributed by atoms with van der Waals surface area (Å²) in [5, 5.41) is 1.20. The molecule has 0 spiro atoms. The minimum atomic E-state index is 0.220. The highest BCUT2D eigenvalue weighted by Crippen LogP contribution is 2.24. The van der Waals surface area contributed by atoms with Gasteiger partial charge in [0, 0.05) is 12.6 Å². The number of anilines is 1. The van der Waals surface area contributed by atoms with Crippen LogP contribution in [0.3, 0.4) is 0 Å². The Morgan fingerprint density at radius 2 is 2.24 bits per heavy atom. The molecule has 0 aliphatic carbocycles. The van der Waals surface area contributed by atoms with E-state index in [1.807, 2.05) is 12.3 Å². The molecular weight excluding hydrogens is 258 g/mol. The summed E-state index contributed by atoms with van der Waals surface area (Å²) in [6.45, 7) is 5.75. The van der Waals surface area contributed by atoms with E-state index in [1.54, 1.807) is 0 Å². The Morgan fingerprint density at radius 1 is 1.47 bits per heavy atom. The van der Waals surface area contributed by atoms with Gasteiger partial charge < -0.3 is 9.64 Å². The molecule has 0 N–H and O–H groups in total. The first-order valence-electron chi connectivity index (χ1n) is 5.57. The molecular formula is C11H16ClN3OS. The smallest absolute Gasteiger partial charge is 0.190 e.